The van der Waals surface area contributed by atoms with Gasteiger partial charge < -0.3 is 20.8 Å². The molecule has 0 aliphatic heterocycles. The molecule has 0 aromatic heterocycles. The highest BCUT2D eigenvalue weighted by atomic mass is 16.4. The van der Waals surface area contributed by atoms with E-state index in [2.05, 4.69) is 16.7 Å². The number of hydrogen-bond donors (Lipinski definition) is 4. The lowest BCUT2D eigenvalue weighted by Gasteiger charge is -2.18. The number of carbonyl (C=O) groups excluding carboxylic acids is 1. The summed E-state index contributed by atoms with van der Waals surface area (Å²) in [6.45, 7) is 0. The van der Waals surface area contributed by atoms with Crippen LogP contribution in [0.1, 0.15) is 47.9 Å². The average molecular weight is 346 g/mol. The van der Waals surface area contributed by atoms with Gasteiger partial charge in [-0.25, -0.2) is 9.59 Å². The van der Waals surface area contributed by atoms with Gasteiger partial charge in [0.25, 0.3) is 0 Å². The van der Waals surface area contributed by atoms with E-state index in [0.717, 1.165) is 55.3 Å². The van der Waals surface area contributed by atoms with Gasteiger partial charge in [0.2, 0.25) is 0 Å². The summed E-state index contributed by atoms with van der Waals surface area (Å²) in [5, 5.41) is 23.1. The van der Waals surface area contributed by atoms with Crippen LogP contribution in [-0.2, 0) is 35.3 Å². The number of amides is 2. The lowest BCUT2D eigenvalue weighted by Crippen LogP contribution is -2.43. The number of carbonyl (C=O) groups is 3. The molecule has 7 nitrogen and oxygen atoms in total. The van der Waals surface area contributed by atoms with Crippen LogP contribution in [0.15, 0.2) is 6.07 Å². The second kappa shape index (κ2) is 7.13. The third-order valence-corrected chi connectivity index (χ3v) is 4.96. The molecule has 1 aromatic carbocycles. The molecule has 1 atom stereocenters. The van der Waals surface area contributed by atoms with Gasteiger partial charge in [-0.3, -0.25) is 4.79 Å². The minimum atomic E-state index is -1.24. The third kappa shape index (κ3) is 3.75. The fourth-order valence-corrected chi connectivity index (χ4v) is 3.80. The highest BCUT2D eigenvalue weighted by molar-refractivity contribution is 5.94. The number of urea groups is 1. The summed E-state index contributed by atoms with van der Waals surface area (Å²) in [6.07, 6.45) is 5.51. The summed E-state index contributed by atoms with van der Waals surface area (Å²) in [4.78, 5) is 34.2. The molecule has 4 N–H and O–H groups in total. The standard InChI is InChI=1S/C18H22N2O5/c21-15(22)8-7-14(17(23)24)19-18(25)20-16-12-5-1-3-10(12)9-11-4-2-6-13(11)16/h9,14H,1-8H2,(H,21,22)(H,23,24)(H2,19,20,25). The summed E-state index contributed by atoms with van der Waals surface area (Å²) in [6, 6.07) is 0.439. The van der Waals surface area contributed by atoms with Gasteiger partial charge in [0.05, 0.1) is 0 Å². The predicted molar refractivity (Wildman–Crippen MR) is 90.9 cm³/mol. The van der Waals surface area contributed by atoms with Crippen molar-refractivity contribution >= 4 is 23.7 Å². The van der Waals surface area contributed by atoms with E-state index < -0.39 is 24.0 Å². The number of rotatable bonds is 6. The summed E-state index contributed by atoms with van der Waals surface area (Å²) < 4.78 is 0. The van der Waals surface area contributed by atoms with Gasteiger partial charge >= 0.3 is 18.0 Å². The highest BCUT2D eigenvalue weighted by Crippen LogP contribution is 2.38. The Kier molecular flexibility index (Phi) is 4.92. The van der Waals surface area contributed by atoms with Crippen molar-refractivity contribution in [2.24, 2.45) is 0 Å². The minimum absolute atomic E-state index is 0.150. The van der Waals surface area contributed by atoms with Crippen molar-refractivity contribution in [2.75, 3.05) is 5.32 Å². The number of fused-ring (bicyclic) bond motifs is 2. The van der Waals surface area contributed by atoms with E-state index in [9.17, 15) is 19.5 Å². The van der Waals surface area contributed by atoms with Crippen LogP contribution in [0.4, 0.5) is 10.5 Å². The summed E-state index contributed by atoms with van der Waals surface area (Å²) in [5.41, 5.74) is 5.71. The molecule has 7 heteroatoms. The van der Waals surface area contributed by atoms with E-state index in [1.54, 1.807) is 0 Å². The Morgan fingerprint density at radius 1 is 1.00 bits per heavy atom. The molecule has 1 aromatic rings. The van der Waals surface area contributed by atoms with Gasteiger partial charge in [-0.2, -0.15) is 0 Å². The first-order valence-corrected chi connectivity index (χ1v) is 8.64. The number of carboxylic acid groups (broad SMARTS) is 2. The number of aliphatic carboxylic acids is 2. The molecule has 3 rings (SSSR count). The predicted octanol–water partition coefficient (Wildman–Crippen LogP) is 2.10. The van der Waals surface area contributed by atoms with Crippen LogP contribution in [-0.4, -0.2) is 34.2 Å². The van der Waals surface area contributed by atoms with Crippen LogP contribution in [0.3, 0.4) is 0 Å². The lowest BCUT2D eigenvalue weighted by atomic mass is 9.99. The van der Waals surface area contributed by atoms with Crippen molar-refractivity contribution in [3.05, 3.63) is 28.3 Å². The second-order valence-electron chi connectivity index (χ2n) is 6.66. The molecule has 1 unspecified atom stereocenters. The fourth-order valence-electron chi connectivity index (χ4n) is 3.80. The second-order valence-corrected chi connectivity index (χ2v) is 6.66. The molecule has 134 valence electrons. The maximum Gasteiger partial charge on any atom is 0.326 e. The summed E-state index contributed by atoms with van der Waals surface area (Å²) >= 11 is 0. The number of carboxylic acids is 2. The van der Waals surface area contributed by atoms with Gasteiger partial charge in [-0.05, 0) is 67.2 Å². The third-order valence-electron chi connectivity index (χ3n) is 4.96. The SMILES string of the molecule is O=C(O)CCC(NC(=O)Nc1c2c(cc3c1CCC3)CCC2)C(=O)O. The van der Waals surface area contributed by atoms with E-state index in [0.29, 0.717) is 0 Å². The first-order chi connectivity index (χ1) is 12.0. The van der Waals surface area contributed by atoms with Crippen LogP contribution in [0.5, 0.6) is 0 Å². The number of hydrogen-bond acceptors (Lipinski definition) is 3. The molecule has 2 aliphatic carbocycles. The zero-order valence-electron chi connectivity index (χ0n) is 13.9. The van der Waals surface area contributed by atoms with Gasteiger partial charge in [0.15, 0.2) is 0 Å². The van der Waals surface area contributed by atoms with E-state index in [1.165, 1.54) is 11.1 Å². The van der Waals surface area contributed by atoms with Crippen molar-refractivity contribution in [3.8, 4) is 0 Å². The highest BCUT2D eigenvalue weighted by Gasteiger charge is 2.26. The van der Waals surface area contributed by atoms with Crippen LogP contribution in [0, 0.1) is 0 Å². The maximum absolute atomic E-state index is 12.3. The van der Waals surface area contributed by atoms with Crippen molar-refractivity contribution in [3.63, 3.8) is 0 Å². The zero-order valence-corrected chi connectivity index (χ0v) is 13.9. The van der Waals surface area contributed by atoms with E-state index in [4.69, 9.17) is 5.11 Å². The van der Waals surface area contributed by atoms with Gasteiger partial charge in [0, 0.05) is 12.1 Å². The van der Waals surface area contributed by atoms with Gasteiger partial charge in [0.1, 0.15) is 6.04 Å². The number of anilines is 1. The molecular formula is C18H22N2O5. The Hall–Kier alpha value is -2.57. The maximum atomic E-state index is 12.3. The quantitative estimate of drug-likeness (QED) is 0.629. The van der Waals surface area contributed by atoms with Crippen molar-refractivity contribution in [1.82, 2.24) is 5.32 Å². The summed E-state index contributed by atoms with van der Waals surface area (Å²) in [5.74, 6) is -2.33. The molecule has 0 fully saturated rings. The average Bonchev–Trinajstić information content (AvgIpc) is 3.19. The molecule has 0 heterocycles. The number of aryl methyl sites for hydroxylation is 2. The Morgan fingerprint density at radius 3 is 2.12 bits per heavy atom. The Labute approximate surface area is 145 Å². The molecule has 0 saturated carbocycles. The topological polar surface area (TPSA) is 116 Å². The Morgan fingerprint density at radius 2 is 1.60 bits per heavy atom. The van der Waals surface area contributed by atoms with Crippen molar-refractivity contribution < 1.29 is 24.6 Å². The molecule has 0 saturated heterocycles. The first kappa shape index (κ1) is 17.3. The molecule has 0 spiro atoms. The van der Waals surface area contributed by atoms with E-state index >= 15 is 0 Å². The van der Waals surface area contributed by atoms with Gasteiger partial charge in [-0.1, -0.05) is 6.07 Å². The zero-order chi connectivity index (χ0) is 18.0. The largest absolute Gasteiger partial charge is 0.481 e. The van der Waals surface area contributed by atoms with E-state index in [1.807, 2.05) is 0 Å². The van der Waals surface area contributed by atoms with Crippen LogP contribution in [0.2, 0.25) is 0 Å². The Bertz CT molecular complexity index is 696. The normalized spacial score (nSPS) is 16.0. The number of benzene rings is 1. The molecular weight excluding hydrogens is 324 g/mol. The lowest BCUT2D eigenvalue weighted by molar-refractivity contribution is -0.140. The van der Waals surface area contributed by atoms with Crippen molar-refractivity contribution in [1.29, 1.82) is 0 Å². The molecule has 25 heavy (non-hydrogen) atoms. The monoisotopic (exact) mass is 346 g/mol. The van der Waals surface area contributed by atoms with Crippen LogP contribution < -0.4 is 10.6 Å². The van der Waals surface area contributed by atoms with Gasteiger partial charge in [-0.15, -0.1) is 0 Å². The van der Waals surface area contributed by atoms with E-state index in [-0.39, 0.29) is 12.8 Å². The minimum Gasteiger partial charge on any atom is -0.481 e. The number of nitrogens with one attached hydrogen (secondary N) is 2. The first-order valence-electron chi connectivity index (χ1n) is 8.64. The molecule has 0 bridgehead atoms. The van der Waals surface area contributed by atoms with Crippen LogP contribution in [0.25, 0.3) is 0 Å². The fraction of sp³-hybridized carbons (Fsp3) is 0.500. The molecule has 2 amide bonds. The van der Waals surface area contributed by atoms with Crippen molar-refractivity contribution in [2.45, 2.75) is 57.4 Å². The Balaban J connectivity index is 1.75. The van der Waals surface area contributed by atoms with Crippen LogP contribution >= 0.6 is 0 Å². The smallest absolute Gasteiger partial charge is 0.326 e. The summed E-state index contributed by atoms with van der Waals surface area (Å²) in [7, 11) is 0. The molecule has 2 aliphatic rings. The molecule has 0 radical (unpaired) electrons.